The second-order valence-corrected chi connectivity index (χ2v) is 2.13. The molecule has 0 rings (SSSR count). The van der Waals surface area contributed by atoms with Crippen molar-refractivity contribution in [2.75, 3.05) is 13.2 Å². The van der Waals surface area contributed by atoms with Gasteiger partial charge in [0.15, 0.2) is 0 Å². The van der Waals surface area contributed by atoms with Crippen LogP contribution in [0.5, 0.6) is 0 Å². The van der Waals surface area contributed by atoms with Crippen LogP contribution in [0, 0.1) is 0 Å². The van der Waals surface area contributed by atoms with Crippen molar-refractivity contribution in [3.8, 4) is 0 Å². The van der Waals surface area contributed by atoms with Crippen LogP contribution >= 0.6 is 0 Å². The van der Waals surface area contributed by atoms with E-state index in [0.717, 1.165) is 0 Å². The molecule has 0 saturated carbocycles. The molecule has 0 aliphatic heterocycles. The molecule has 0 unspecified atom stereocenters. The van der Waals surface area contributed by atoms with E-state index in [1.807, 2.05) is 0 Å². The Morgan fingerprint density at radius 3 is 0.824 bits per heavy atom. The molecule has 0 aromatic heterocycles. The van der Waals surface area contributed by atoms with E-state index in [-0.39, 0.29) is 52.3 Å². The molecule has 0 heterocycles. The van der Waals surface area contributed by atoms with E-state index in [0.29, 0.717) is 0 Å². The zero-order valence-corrected chi connectivity index (χ0v) is 13.4. The summed E-state index contributed by atoms with van der Waals surface area (Å²) in [6, 6.07) is 0. The summed E-state index contributed by atoms with van der Waals surface area (Å²) in [5, 5.41) is 30.6. The Bertz CT molecular complexity index is 125. The Hall–Kier alpha value is -0.257. The van der Waals surface area contributed by atoms with Gasteiger partial charge in [-0.3, -0.25) is 9.59 Å². The van der Waals surface area contributed by atoms with E-state index >= 15 is 0 Å². The van der Waals surface area contributed by atoms with Crippen molar-refractivity contribution in [3.63, 3.8) is 0 Å². The number of aliphatic hydroxyl groups is 2. The Morgan fingerprint density at radius 1 is 0.765 bits per heavy atom. The number of aliphatic hydroxyl groups excluding tert-OH is 2. The Labute approximate surface area is 122 Å². The van der Waals surface area contributed by atoms with Gasteiger partial charge in [0.25, 0.3) is 0 Å². The number of carboxylic acids is 2. The molecular weight excluding hydrogens is 307 g/mol. The number of aliphatic carboxylic acids is 2. The summed E-state index contributed by atoms with van der Waals surface area (Å²) in [7, 11) is 0. The van der Waals surface area contributed by atoms with E-state index < -0.39 is 11.9 Å². The van der Waals surface area contributed by atoms with Crippen LogP contribution in [0.3, 0.4) is 0 Å². The van der Waals surface area contributed by atoms with Gasteiger partial charge in [-0.2, -0.15) is 0 Å². The molecule has 0 atom stereocenters. The monoisotopic (exact) mass is 330 g/mol. The maximum Gasteiger partial charge on any atom is 0.303 e. The fourth-order valence-electron chi connectivity index (χ4n) is 0. The summed E-state index contributed by atoms with van der Waals surface area (Å²) in [5.41, 5.74) is 0. The van der Waals surface area contributed by atoms with Gasteiger partial charge in [-0.05, 0) is 13.8 Å². The van der Waals surface area contributed by atoms with Crippen molar-refractivity contribution in [2.45, 2.75) is 40.5 Å². The smallest absolute Gasteiger partial charge is 0.303 e. The van der Waals surface area contributed by atoms with Gasteiger partial charge in [0.05, 0.1) is 0 Å². The van der Waals surface area contributed by atoms with Crippen molar-refractivity contribution >= 4 is 11.9 Å². The zero-order chi connectivity index (χ0) is 14.0. The fraction of sp³-hybridized carbons (Fsp3) is 0.800. The van der Waals surface area contributed by atoms with Crippen LogP contribution in [-0.4, -0.2) is 45.6 Å². The summed E-state index contributed by atoms with van der Waals surface area (Å²) < 4.78 is 0. The average molecular weight is 332 g/mol. The number of rotatable bonds is 2. The summed E-state index contributed by atoms with van der Waals surface area (Å²) in [4.78, 5) is 18.7. The van der Waals surface area contributed by atoms with Crippen LogP contribution < -0.4 is 0 Å². The SMILES string of the molecule is CCC(=O)O.CCC(=O)O.CCO.CCO.[Zr]. The predicted octanol–water partition coefficient (Wildman–Crippen LogP) is 0.957. The van der Waals surface area contributed by atoms with Gasteiger partial charge < -0.3 is 20.4 Å². The Balaban J connectivity index is -0.0000000381. The van der Waals surface area contributed by atoms with Crippen molar-refractivity contribution in [3.05, 3.63) is 0 Å². The summed E-state index contributed by atoms with van der Waals surface area (Å²) >= 11 is 0. The minimum absolute atomic E-state index is 0. The zero-order valence-electron chi connectivity index (χ0n) is 10.9. The molecule has 6 nitrogen and oxygen atoms in total. The maximum atomic E-state index is 9.37. The van der Waals surface area contributed by atoms with E-state index in [9.17, 15) is 9.59 Å². The molecule has 17 heavy (non-hydrogen) atoms. The predicted molar refractivity (Wildman–Crippen MR) is 61.4 cm³/mol. The molecule has 0 aliphatic rings. The number of hydrogen-bond donors (Lipinski definition) is 4. The molecule has 7 heteroatoms. The van der Waals surface area contributed by atoms with Gasteiger partial charge in [0, 0.05) is 52.3 Å². The number of carbonyl (C=O) groups is 2. The van der Waals surface area contributed by atoms with Crippen molar-refractivity contribution in [1.29, 1.82) is 0 Å². The molecule has 0 amide bonds. The molecule has 0 bridgehead atoms. The second kappa shape index (κ2) is 36.0. The van der Waals surface area contributed by atoms with Gasteiger partial charge in [0.1, 0.15) is 0 Å². The van der Waals surface area contributed by atoms with Crippen LogP contribution in [0.2, 0.25) is 0 Å². The molecule has 0 spiro atoms. The van der Waals surface area contributed by atoms with E-state index in [1.165, 1.54) is 0 Å². The average Bonchev–Trinajstić information content (AvgIpc) is 2.21. The Morgan fingerprint density at radius 2 is 0.824 bits per heavy atom. The largest absolute Gasteiger partial charge is 0.481 e. The fourth-order valence-corrected chi connectivity index (χ4v) is 0. The third-order valence-corrected chi connectivity index (χ3v) is 0.605. The minimum Gasteiger partial charge on any atom is -0.481 e. The van der Waals surface area contributed by atoms with E-state index in [4.69, 9.17) is 20.4 Å². The quantitative estimate of drug-likeness (QED) is 0.599. The minimum atomic E-state index is -0.745. The van der Waals surface area contributed by atoms with Crippen LogP contribution in [0.25, 0.3) is 0 Å². The molecule has 0 fully saturated rings. The molecule has 4 N–H and O–H groups in total. The van der Waals surface area contributed by atoms with E-state index in [2.05, 4.69) is 0 Å². The van der Waals surface area contributed by atoms with Gasteiger partial charge in [-0.25, -0.2) is 0 Å². The summed E-state index contributed by atoms with van der Waals surface area (Å²) in [6.45, 7) is 7.06. The van der Waals surface area contributed by atoms with Gasteiger partial charge in [0.2, 0.25) is 0 Å². The summed E-state index contributed by atoms with van der Waals surface area (Å²) in [5.74, 6) is -1.49. The molecular formula is C10H24O6Zr. The first-order valence-electron chi connectivity index (χ1n) is 5.02. The number of hydrogen-bond acceptors (Lipinski definition) is 4. The van der Waals surface area contributed by atoms with E-state index in [1.54, 1.807) is 27.7 Å². The molecule has 0 saturated heterocycles. The van der Waals surface area contributed by atoms with Gasteiger partial charge >= 0.3 is 11.9 Å². The topological polar surface area (TPSA) is 115 Å². The molecule has 0 aromatic carbocycles. The van der Waals surface area contributed by atoms with Crippen molar-refractivity contribution in [1.82, 2.24) is 0 Å². The Kier molecular flexibility index (Phi) is 63.8. The molecule has 0 radical (unpaired) electrons. The first-order valence-corrected chi connectivity index (χ1v) is 5.02. The van der Waals surface area contributed by atoms with Crippen molar-refractivity contribution in [2.24, 2.45) is 0 Å². The van der Waals surface area contributed by atoms with Crippen LogP contribution in [0.15, 0.2) is 0 Å². The third kappa shape index (κ3) is 212. The third-order valence-electron chi connectivity index (χ3n) is 0.605. The van der Waals surface area contributed by atoms with Gasteiger partial charge in [-0.1, -0.05) is 13.8 Å². The maximum absolute atomic E-state index is 9.37. The first-order chi connectivity index (χ1) is 7.37. The van der Waals surface area contributed by atoms with Crippen LogP contribution in [-0.2, 0) is 35.8 Å². The van der Waals surface area contributed by atoms with Crippen LogP contribution in [0.1, 0.15) is 40.5 Å². The first kappa shape index (κ1) is 30.1. The standard InChI is InChI=1S/2C3H6O2.2C2H6O.Zr/c2*1-2-3(4)5;2*1-2-3;/h2*2H2,1H3,(H,4,5);2*3H,2H2,1H3;. The normalized spacial score (nSPS) is 6.47. The van der Waals surface area contributed by atoms with Crippen molar-refractivity contribution < 1.29 is 56.2 Å². The van der Waals surface area contributed by atoms with Crippen LogP contribution in [0.4, 0.5) is 0 Å². The number of carboxylic acid groups (broad SMARTS) is 2. The van der Waals surface area contributed by atoms with Gasteiger partial charge in [-0.15, -0.1) is 0 Å². The molecule has 0 aliphatic carbocycles. The summed E-state index contributed by atoms with van der Waals surface area (Å²) in [6.07, 6.45) is 0.444. The molecule has 104 valence electrons. The second-order valence-electron chi connectivity index (χ2n) is 2.13. The molecule has 0 aromatic rings.